The molecule has 0 radical (unpaired) electrons. The maximum absolute atomic E-state index is 14.3. The molecule has 1 aliphatic rings. The monoisotopic (exact) mass is 703 g/mol. The van der Waals surface area contributed by atoms with Crippen molar-refractivity contribution >= 4 is 33.3 Å². The van der Waals surface area contributed by atoms with E-state index < -0.39 is 33.9 Å². The molecule has 1 aliphatic heterocycles. The fraction of sp³-hybridized carbons (Fsp3) is 0.500. The number of ether oxygens (including phenoxy) is 2. The van der Waals surface area contributed by atoms with Gasteiger partial charge in [-0.15, -0.1) is 0 Å². The van der Waals surface area contributed by atoms with E-state index >= 15 is 0 Å². The number of rotatable bonds is 8. The van der Waals surface area contributed by atoms with Gasteiger partial charge in [0.1, 0.15) is 22.9 Å². The lowest BCUT2D eigenvalue weighted by Crippen LogP contribution is -2.48. The Hall–Kier alpha value is -4.21. The molecule has 2 aromatic carbocycles. The maximum atomic E-state index is 14.3. The molecular weight excluding hydrogens is 657 g/mol. The lowest BCUT2D eigenvalue weighted by molar-refractivity contribution is -0.0115. The van der Waals surface area contributed by atoms with E-state index in [1.54, 1.807) is 33.9 Å². The first-order chi connectivity index (χ1) is 23.2. The predicted molar refractivity (Wildman–Crippen MR) is 182 cm³/mol. The number of nitrogens with one attached hydrogen (secondary N) is 2. The number of halogens is 1. The van der Waals surface area contributed by atoms with Gasteiger partial charge in [-0.1, -0.05) is 12.1 Å². The second kappa shape index (κ2) is 16.5. The number of benzene rings is 2. The Kier molecular flexibility index (Phi) is 12.6. The SMILES string of the molecule is Cc1noc(C)c1NC(=O)N(C)C[C@@H]1OCCCC[C@H](C)Oc2ccc(NS(=O)(=O)c3ccc(F)cc3)cc2C(=O)N([C@@H](C)CO)C[C@H]1C. The fourth-order valence-electron chi connectivity index (χ4n) is 5.49. The van der Waals surface area contributed by atoms with Gasteiger partial charge in [-0.3, -0.25) is 9.52 Å². The summed E-state index contributed by atoms with van der Waals surface area (Å²) in [4.78, 5) is 30.4. The number of sulfonamides is 1. The van der Waals surface area contributed by atoms with Gasteiger partial charge in [-0.05, 0) is 89.4 Å². The number of anilines is 2. The summed E-state index contributed by atoms with van der Waals surface area (Å²) in [6.45, 7) is 9.38. The minimum Gasteiger partial charge on any atom is -0.490 e. The topological polar surface area (TPSA) is 164 Å². The van der Waals surface area contributed by atoms with Gasteiger partial charge in [0.15, 0.2) is 5.76 Å². The highest BCUT2D eigenvalue weighted by Crippen LogP contribution is 2.30. The number of aliphatic hydroxyl groups is 1. The number of aliphatic hydroxyl groups excluding tert-OH is 1. The summed E-state index contributed by atoms with van der Waals surface area (Å²) in [5.74, 6) is -0.615. The van der Waals surface area contributed by atoms with Crippen molar-refractivity contribution in [2.45, 2.75) is 77.0 Å². The molecule has 0 fully saturated rings. The molecule has 13 nitrogen and oxygen atoms in total. The Morgan fingerprint density at radius 1 is 1.16 bits per heavy atom. The van der Waals surface area contributed by atoms with Crippen LogP contribution in [0.5, 0.6) is 5.75 Å². The number of aromatic nitrogens is 1. The van der Waals surface area contributed by atoms with E-state index in [4.69, 9.17) is 14.0 Å². The number of likely N-dealkylation sites (N-methyl/N-ethyl adjacent to an activating group) is 1. The van der Waals surface area contributed by atoms with Crippen LogP contribution in [-0.4, -0.2) is 92.0 Å². The molecule has 0 saturated carbocycles. The van der Waals surface area contributed by atoms with Crippen molar-refractivity contribution in [1.82, 2.24) is 15.0 Å². The Morgan fingerprint density at radius 2 is 1.88 bits per heavy atom. The third kappa shape index (κ3) is 9.70. The molecule has 49 heavy (non-hydrogen) atoms. The third-order valence-electron chi connectivity index (χ3n) is 8.49. The van der Waals surface area contributed by atoms with Crippen LogP contribution in [0.2, 0.25) is 0 Å². The molecular formula is C34H46FN5O8S. The standard InChI is InChI=1S/C34H46FN5O8S/c1-21-18-40(22(2)20-41)33(42)29-17-27(38-49(44,45)28-13-10-26(35)11-14-28)12-15-30(29)47-23(3)9-7-8-16-46-31(21)19-39(6)34(43)36-32-24(4)37-48-25(32)5/h10-15,17,21-23,31,38,41H,7-9,16,18-20H2,1-6H3,(H,36,43)/t21-,22+,23+,31+/m1/s1. The molecule has 3 N–H and O–H groups in total. The third-order valence-corrected chi connectivity index (χ3v) is 9.89. The predicted octanol–water partition coefficient (Wildman–Crippen LogP) is 5.19. The van der Waals surface area contributed by atoms with E-state index in [2.05, 4.69) is 15.2 Å². The molecule has 268 valence electrons. The summed E-state index contributed by atoms with van der Waals surface area (Å²) in [5, 5.41) is 16.9. The highest BCUT2D eigenvalue weighted by atomic mass is 32.2. The Labute approximate surface area is 286 Å². The number of fused-ring (bicyclic) bond motifs is 1. The van der Waals surface area contributed by atoms with Crippen LogP contribution >= 0.6 is 0 Å². The molecule has 0 saturated heterocycles. The van der Waals surface area contributed by atoms with E-state index in [1.165, 1.54) is 21.9 Å². The van der Waals surface area contributed by atoms with Crippen molar-refractivity contribution in [2.24, 2.45) is 5.92 Å². The van der Waals surface area contributed by atoms with Crippen LogP contribution in [0.15, 0.2) is 51.9 Å². The van der Waals surface area contributed by atoms with Gasteiger partial charge < -0.3 is 34.2 Å². The van der Waals surface area contributed by atoms with Crippen LogP contribution in [0.3, 0.4) is 0 Å². The van der Waals surface area contributed by atoms with Crippen molar-refractivity contribution in [3.63, 3.8) is 0 Å². The van der Waals surface area contributed by atoms with Crippen LogP contribution in [0, 0.1) is 25.6 Å². The summed E-state index contributed by atoms with van der Waals surface area (Å²) in [6, 6.07) is 7.83. The summed E-state index contributed by atoms with van der Waals surface area (Å²) in [6.07, 6.45) is 1.41. The van der Waals surface area contributed by atoms with Crippen LogP contribution < -0.4 is 14.8 Å². The van der Waals surface area contributed by atoms with Gasteiger partial charge in [-0.25, -0.2) is 17.6 Å². The minimum atomic E-state index is -4.11. The average molecular weight is 704 g/mol. The van der Waals surface area contributed by atoms with E-state index in [0.717, 1.165) is 37.1 Å². The number of aryl methyl sites for hydroxylation is 2. The number of urea groups is 1. The fourth-order valence-corrected chi connectivity index (χ4v) is 6.54. The molecule has 3 amide bonds. The zero-order valence-corrected chi connectivity index (χ0v) is 29.5. The molecule has 0 aliphatic carbocycles. The number of carbonyl (C=O) groups is 2. The molecule has 4 rings (SSSR count). The lowest BCUT2D eigenvalue weighted by Gasteiger charge is -2.35. The highest BCUT2D eigenvalue weighted by molar-refractivity contribution is 7.92. The largest absolute Gasteiger partial charge is 0.490 e. The van der Waals surface area contributed by atoms with E-state index in [9.17, 15) is 27.5 Å². The number of amides is 3. The van der Waals surface area contributed by atoms with Gasteiger partial charge in [0.25, 0.3) is 15.9 Å². The normalized spacial score (nSPS) is 20.0. The number of hydrogen-bond donors (Lipinski definition) is 3. The van der Waals surface area contributed by atoms with Crippen LogP contribution in [0.4, 0.5) is 20.6 Å². The Balaban J connectivity index is 1.63. The minimum absolute atomic E-state index is 0.101. The second-order valence-electron chi connectivity index (χ2n) is 12.6. The smallest absolute Gasteiger partial charge is 0.321 e. The zero-order valence-electron chi connectivity index (χ0n) is 28.7. The van der Waals surface area contributed by atoms with Crippen molar-refractivity contribution in [3.05, 3.63) is 65.3 Å². The van der Waals surface area contributed by atoms with Gasteiger partial charge >= 0.3 is 6.03 Å². The van der Waals surface area contributed by atoms with Gasteiger partial charge in [0.2, 0.25) is 0 Å². The molecule has 4 atom stereocenters. The molecule has 1 aromatic heterocycles. The molecule has 0 bridgehead atoms. The lowest BCUT2D eigenvalue weighted by atomic mass is 10.0. The van der Waals surface area contributed by atoms with Crippen molar-refractivity contribution in [2.75, 3.05) is 43.4 Å². The molecule has 0 unspecified atom stereocenters. The molecule has 15 heteroatoms. The number of hydrogen-bond acceptors (Lipinski definition) is 9. The summed E-state index contributed by atoms with van der Waals surface area (Å²) < 4.78 is 59.8. The highest BCUT2D eigenvalue weighted by Gasteiger charge is 2.31. The summed E-state index contributed by atoms with van der Waals surface area (Å²) >= 11 is 0. The quantitative estimate of drug-likeness (QED) is 0.287. The average Bonchev–Trinajstić information content (AvgIpc) is 3.38. The van der Waals surface area contributed by atoms with Crippen LogP contribution in [0.1, 0.15) is 61.8 Å². The first-order valence-corrected chi connectivity index (χ1v) is 17.8. The maximum Gasteiger partial charge on any atom is 0.321 e. The first-order valence-electron chi connectivity index (χ1n) is 16.3. The van der Waals surface area contributed by atoms with E-state index in [0.29, 0.717) is 30.2 Å². The van der Waals surface area contributed by atoms with Crippen LogP contribution in [-0.2, 0) is 14.8 Å². The Morgan fingerprint density at radius 3 is 2.53 bits per heavy atom. The van der Waals surface area contributed by atoms with Crippen molar-refractivity contribution in [3.8, 4) is 5.75 Å². The van der Waals surface area contributed by atoms with Crippen molar-refractivity contribution < 1.29 is 41.5 Å². The first kappa shape index (κ1) is 37.6. The number of carbonyl (C=O) groups excluding carboxylic acids is 2. The molecule has 0 spiro atoms. The zero-order chi connectivity index (χ0) is 35.9. The molecule has 3 aromatic rings. The van der Waals surface area contributed by atoms with Crippen molar-refractivity contribution in [1.29, 1.82) is 0 Å². The van der Waals surface area contributed by atoms with E-state index in [-0.39, 0.29) is 59.6 Å². The summed E-state index contributed by atoms with van der Waals surface area (Å²) in [5.41, 5.74) is 1.26. The van der Waals surface area contributed by atoms with Gasteiger partial charge in [0.05, 0.1) is 35.3 Å². The summed E-state index contributed by atoms with van der Waals surface area (Å²) in [7, 11) is -2.46. The number of nitrogens with zero attached hydrogens (tertiary/aromatic N) is 3. The Bertz CT molecular complexity index is 1680. The van der Waals surface area contributed by atoms with Crippen LogP contribution in [0.25, 0.3) is 0 Å². The second-order valence-corrected chi connectivity index (χ2v) is 14.3. The van der Waals surface area contributed by atoms with E-state index in [1.807, 2.05) is 13.8 Å². The van der Waals surface area contributed by atoms with Gasteiger partial charge in [-0.2, -0.15) is 0 Å². The van der Waals surface area contributed by atoms with Gasteiger partial charge in [0, 0.05) is 38.3 Å². The molecule has 2 heterocycles.